The molecule has 3 aromatic carbocycles. The van der Waals surface area contributed by atoms with Crippen molar-refractivity contribution in [3.05, 3.63) is 84.1 Å². The summed E-state index contributed by atoms with van der Waals surface area (Å²) in [4.78, 5) is 26.6. The maximum absolute atomic E-state index is 13.9. The summed E-state index contributed by atoms with van der Waals surface area (Å²) in [6.45, 7) is 8.51. The molecule has 1 aliphatic heterocycles. The molecule has 5 rings (SSSR count). The summed E-state index contributed by atoms with van der Waals surface area (Å²) in [5.74, 6) is 2.74. The first-order valence-corrected chi connectivity index (χ1v) is 14.4. The Morgan fingerprint density at radius 2 is 1.73 bits per heavy atom. The van der Waals surface area contributed by atoms with E-state index in [1.807, 2.05) is 56.3 Å². The molecule has 1 aliphatic rings. The molecule has 0 aliphatic carbocycles. The van der Waals surface area contributed by atoms with Crippen LogP contribution in [0, 0.1) is 13.8 Å². The first-order valence-electron chi connectivity index (χ1n) is 14.4. The number of hydrogen-bond acceptors (Lipinski definition) is 10. The van der Waals surface area contributed by atoms with Gasteiger partial charge in [-0.25, -0.2) is 14.7 Å². The fraction of sp³-hybridized carbons (Fsp3) is 0.303. The third-order valence-corrected chi connectivity index (χ3v) is 7.15. The van der Waals surface area contributed by atoms with E-state index >= 15 is 0 Å². The number of carbonyl (C=O) groups excluding carboxylic acids is 1. The van der Waals surface area contributed by atoms with Crippen LogP contribution in [0.1, 0.15) is 11.1 Å². The fourth-order valence-corrected chi connectivity index (χ4v) is 4.82. The molecular formula is C33H37N5O6. The van der Waals surface area contributed by atoms with Gasteiger partial charge in [-0.3, -0.25) is 4.90 Å². The minimum Gasteiger partial charge on any atom is -0.497 e. The monoisotopic (exact) mass is 599 g/mol. The molecular weight excluding hydrogens is 562 g/mol. The summed E-state index contributed by atoms with van der Waals surface area (Å²) in [6, 6.07) is 20.1. The van der Waals surface area contributed by atoms with Crippen LogP contribution in [0.25, 0.3) is 0 Å². The van der Waals surface area contributed by atoms with Crippen LogP contribution in [-0.2, 0) is 4.74 Å². The summed E-state index contributed by atoms with van der Waals surface area (Å²) in [5, 5.41) is 3.23. The second kappa shape index (κ2) is 14.5. The number of ether oxygens (including phenoxy) is 5. The van der Waals surface area contributed by atoms with Gasteiger partial charge in [0, 0.05) is 49.7 Å². The minimum absolute atomic E-state index is 0.278. The zero-order valence-corrected chi connectivity index (χ0v) is 25.4. The lowest BCUT2D eigenvalue weighted by molar-refractivity contribution is 0.0322. The van der Waals surface area contributed by atoms with E-state index in [2.05, 4.69) is 20.2 Å². The normalized spacial score (nSPS) is 13.2. The van der Waals surface area contributed by atoms with E-state index in [1.54, 1.807) is 37.6 Å². The first-order chi connectivity index (χ1) is 21.4. The van der Waals surface area contributed by atoms with Crippen LogP contribution < -0.4 is 29.2 Å². The molecule has 1 aromatic heterocycles. The molecule has 1 fully saturated rings. The van der Waals surface area contributed by atoms with Crippen molar-refractivity contribution in [3.8, 4) is 23.0 Å². The molecule has 0 bridgehead atoms. The third-order valence-electron chi connectivity index (χ3n) is 7.15. The summed E-state index contributed by atoms with van der Waals surface area (Å²) < 4.78 is 28.4. The van der Waals surface area contributed by atoms with Gasteiger partial charge in [0.2, 0.25) is 5.95 Å². The Labute approximate surface area is 257 Å². The predicted molar refractivity (Wildman–Crippen MR) is 168 cm³/mol. The SMILES string of the molecule is COc1ccc(N(C(=O)Oc2c(C)cccc2C)c2ccnc(Nc3cccc(OCCN4CCOCC4)c3)n2)c(OC)c1. The highest BCUT2D eigenvalue weighted by Crippen LogP contribution is 2.37. The minimum atomic E-state index is -0.661. The number of aromatic nitrogens is 2. The van der Waals surface area contributed by atoms with Crippen molar-refractivity contribution in [2.24, 2.45) is 0 Å². The Morgan fingerprint density at radius 3 is 2.48 bits per heavy atom. The van der Waals surface area contributed by atoms with E-state index in [1.165, 1.54) is 12.0 Å². The molecule has 2 heterocycles. The first kappa shape index (κ1) is 30.6. The van der Waals surface area contributed by atoms with Gasteiger partial charge in [-0.05, 0) is 49.2 Å². The van der Waals surface area contributed by atoms with Gasteiger partial charge in [-0.1, -0.05) is 24.3 Å². The zero-order valence-electron chi connectivity index (χ0n) is 25.4. The Kier molecular flexibility index (Phi) is 10.1. The average molecular weight is 600 g/mol. The standard InChI is InChI=1S/C33H37N5O6/c1-23-7-5-8-24(2)31(23)44-33(39)38(28-12-11-26(40-3)22-29(28)41-4)30-13-14-34-32(36-30)35-25-9-6-10-27(21-25)43-20-17-37-15-18-42-19-16-37/h5-14,21-22H,15-20H2,1-4H3,(H,34,35,36). The van der Waals surface area contributed by atoms with Crippen LogP contribution in [-0.4, -0.2) is 74.6 Å². The number of hydrogen-bond donors (Lipinski definition) is 1. The summed E-state index contributed by atoms with van der Waals surface area (Å²) in [5.41, 5.74) is 2.82. The van der Waals surface area contributed by atoms with Crippen LogP contribution in [0.4, 0.5) is 27.9 Å². The summed E-state index contributed by atoms with van der Waals surface area (Å²) in [6.07, 6.45) is 0.911. The number of amides is 1. The van der Waals surface area contributed by atoms with Crippen LogP contribution >= 0.6 is 0 Å². The van der Waals surface area contributed by atoms with Gasteiger partial charge in [0.05, 0.1) is 33.1 Å². The van der Waals surface area contributed by atoms with Gasteiger partial charge in [-0.15, -0.1) is 0 Å². The van der Waals surface area contributed by atoms with Crippen LogP contribution in [0.5, 0.6) is 23.0 Å². The largest absolute Gasteiger partial charge is 0.497 e. The number of carbonyl (C=O) groups is 1. The molecule has 0 unspecified atom stereocenters. The molecule has 0 spiro atoms. The van der Waals surface area contributed by atoms with Crippen molar-refractivity contribution in [3.63, 3.8) is 0 Å². The van der Waals surface area contributed by atoms with Gasteiger partial charge in [-0.2, -0.15) is 4.98 Å². The topological polar surface area (TPSA) is 108 Å². The van der Waals surface area contributed by atoms with E-state index in [0.717, 1.165) is 55.4 Å². The van der Waals surface area contributed by atoms with Crippen molar-refractivity contribution in [1.82, 2.24) is 14.9 Å². The number of benzene rings is 3. The summed E-state index contributed by atoms with van der Waals surface area (Å²) >= 11 is 0. The highest BCUT2D eigenvalue weighted by atomic mass is 16.6. The second-order valence-electron chi connectivity index (χ2n) is 10.2. The van der Waals surface area contributed by atoms with E-state index in [9.17, 15) is 4.79 Å². The second-order valence-corrected chi connectivity index (χ2v) is 10.2. The predicted octanol–water partition coefficient (Wildman–Crippen LogP) is 5.90. The number of rotatable bonds is 11. The molecule has 1 saturated heterocycles. The van der Waals surface area contributed by atoms with Gasteiger partial charge in [0.1, 0.15) is 35.4 Å². The van der Waals surface area contributed by atoms with Crippen molar-refractivity contribution < 1.29 is 28.5 Å². The van der Waals surface area contributed by atoms with Crippen molar-refractivity contribution in [1.29, 1.82) is 0 Å². The van der Waals surface area contributed by atoms with Crippen LogP contribution in [0.15, 0.2) is 72.9 Å². The van der Waals surface area contributed by atoms with Gasteiger partial charge >= 0.3 is 6.09 Å². The number of methoxy groups -OCH3 is 2. The van der Waals surface area contributed by atoms with E-state index in [0.29, 0.717) is 29.5 Å². The van der Waals surface area contributed by atoms with Gasteiger partial charge < -0.3 is 29.0 Å². The van der Waals surface area contributed by atoms with E-state index in [-0.39, 0.29) is 11.8 Å². The molecule has 0 saturated carbocycles. The Morgan fingerprint density at radius 1 is 0.955 bits per heavy atom. The van der Waals surface area contributed by atoms with Gasteiger partial charge in [0.25, 0.3) is 0 Å². The van der Waals surface area contributed by atoms with E-state index < -0.39 is 6.09 Å². The maximum Gasteiger partial charge on any atom is 0.425 e. The number of nitrogens with zero attached hydrogens (tertiary/aromatic N) is 4. The average Bonchev–Trinajstić information content (AvgIpc) is 3.04. The molecule has 1 amide bonds. The Bertz CT molecular complexity index is 1560. The molecule has 0 atom stereocenters. The Hall–Kier alpha value is -4.87. The highest BCUT2D eigenvalue weighted by Gasteiger charge is 2.27. The number of morpholine rings is 1. The van der Waals surface area contributed by atoms with Crippen molar-refractivity contribution in [2.75, 3.05) is 63.9 Å². The van der Waals surface area contributed by atoms with Crippen LogP contribution in [0.2, 0.25) is 0 Å². The lowest BCUT2D eigenvalue weighted by Gasteiger charge is -2.26. The van der Waals surface area contributed by atoms with E-state index in [4.69, 9.17) is 23.7 Å². The zero-order chi connectivity index (χ0) is 30.9. The smallest absolute Gasteiger partial charge is 0.425 e. The number of anilines is 4. The van der Waals surface area contributed by atoms with Crippen molar-refractivity contribution in [2.45, 2.75) is 13.8 Å². The molecule has 1 N–H and O–H groups in total. The van der Waals surface area contributed by atoms with Crippen molar-refractivity contribution >= 4 is 29.2 Å². The quantitative estimate of drug-likeness (QED) is 0.224. The maximum atomic E-state index is 13.9. The lowest BCUT2D eigenvalue weighted by atomic mass is 10.1. The molecule has 0 radical (unpaired) electrons. The summed E-state index contributed by atoms with van der Waals surface area (Å²) in [7, 11) is 3.09. The third kappa shape index (κ3) is 7.55. The lowest BCUT2D eigenvalue weighted by Crippen LogP contribution is -2.38. The number of aryl methyl sites for hydroxylation is 2. The number of para-hydroxylation sites is 1. The molecule has 4 aromatic rings. The molecule has 44 heavy (non-hydrogen) atoms. The highest BCUT2D eigenvalue weighted by molar-refractivity contribution is 5.98. The molecule has 230 valence electrons. The number of nitrogens with one attached hydrogen (secondary N) is 1. The van der Waals surface area contributed by atoms with Crippen LogP contribution in [0.3, 0.4) is 0 Å². The Balaban J connectivity index is 1.39. The molecule has 11 heteroatoms. The van der Waals surface area contributed by atoms with Gasteiger partial charge in [0.15, 0.2) is 0 Å². The molecule has 11 nitrogen and oxygen atoms in total. The fourth-order valence-electron chi connectivity index (χ4n) is 4.82.